The fraction of sp³-hybridized carbons (Fsp3) is 0.0500. The van der Waals surface area contributed by atoms with E-state index in [1.807, 2.05) is 6.07 Å². The van der Waals surface area contributed by atoms with Crippen molar-refractivity contribution in [3.63, 3.8) is 0 Å². The van der Waals surface area contributed by atoms with E-state index in [-0.39, 0.29) is 18.5 Å². The lowest BCUT2D eigenvalue weighted by atomic mass is 10.3. The zero-order valence-corrected chi connectivity index (χ0v) is 15.3. The summed E-state index contributed by atoms with van der Waals surface area (Å²) in [5.41, 5.74) is 1.87. The number of amides is 1. The third kappa shape index (κ3) is 4.39. The van der Waals surface area contributed by atoms with Crippen LogP contribution in [-0.2, 0) is 4.79 Å². The molecule has 0 saturated heterocycles. The number of nitrogens with one attached hydrogen (secondary N) is 2. The van der Waals surface area contributed by atoms with Crippen molar-refractivity contribution in [2.75, 3.05) is 17.2 Å². The Labute approximate surface area is 165 Å². The Morgan fingerprint density at radius 3 is 2.75 bits per heavy atom. The van der Waals surface area contributed by atoms with Crippen LogP contribution < -0.4 is 15.4 Å². The van der Waals surface area contributed by atoms with E-state index >= 15 is 0 Å². The monoisotopic (exact) mass is 394 g/mol. The van der Waals surface area contributed by atoms with Crippen molar-refractivity contribution in [2.24, 2.45) is 0 Å². The molecule has 2 aromatic heterocycles. The van der Waals surface area contributed by atoms with Gasteiger partial charge in [0.2, 0.25) is 5.91 Å². The molecule has 4 rings (SSSR count). The second kappa shape index (κ2) is 7.98. The SMILES string of the molecule is O=C(CNc1nc2cc(Cl)ccc2o1)Nc1ccc(Oc2cccnc2)cc1. The first kappa shape index (κ1) is 17.8. The maximum atomic E-state index is 12.1. The molecular formula is C20H15ClN4O3. The number of halogens is 1. The minimum absolute atomic E-state index is 0.00842. The number of nitrogens with zero attached hydrogens (tertiary/aromatic N) is 2. The van der Waals surface area contributed by atoms with E-state index in [0.29, 0.717) is 33.3 Å². The molecule has 0 bridgehead atoms. The number of pyridine rings is 1. The number of hydrogen-bond acceptors (Lipinski definition) is 6. The average molecular weight is 395 g/mol. The van der Waals surface area contributed by atoms with Gasteiger partial charge in [0, 0.05) is 16.9 Å². The van der Waals surface area contributed by atoms with Crippen LogP contribution in [0.3, 0.4) is 0 Å². The van der Waals surface area contributed by atoms with Crippen molar-refractivity contribution < 1.29 is 13.9 Å². The van der Waals surface area contributed by atoms with Gasteiger partial charge < -0.3 is 19.8 Å². The summed E-state index contributed by atoms with van der Waals surface area (Å²) in [7, 11) is 0. The molecule has 0 spiro atoms. The number of benzene rings is 2. The summed E-state index contributed by atoms with van der Waals surface area (Å²) in [6, 6.07) is 16.0. The van der Waals surface area contributed by atoms with Gasteiger partial charge in [-0.1, -0.05) is 11.6 Å². The minimum Gasteiger partial charge on any atom is -0.456 e. The lowest BCUT2D eigenvalue weighted by Crippen LogP contribution is -2.21. The van der Waals surface area contributed by atoms with Gasteiger partial charge in [0.05, 0.1) is 12.7 Å². The quantitative estimate of drug-likeness (QED) is 0.492. The molecule has 0 unspecified atom stereocenters. The fourth-order valence-electron chi connectivity index (χ4n) is 2.49. The van der Waals surface area contributed by atoms with Crippen LogP contribution >= 0.6 is 11.6 Å². The summed E-state index contributed by atoms with van der Waals surface area (Å²) in [5.74, 6) is 1.05. The first-order chi connectivity index (χ1) is 13.7. The van der Waals surface area contributed by atoms with Crippen LogP contribution in [-0.4, -0.2) is 22.4 Å². The lowest BCUT2D eigenvalue weighted by molar-refractivity contribution is -0.114. The summed E-state index contributed by atoms with van der Waals surface area (Å²) >= 11 is 5.92. The molecule has 0 aliphatic heterocycles. The number of hydrogen-bond donors (Lipinski definition) is 2. The molecule has 0 aliphatic rings. The number of carbonyl (C=O) groups excluding carboxylic acids is 1. The number of ether oxygens (including phenoxy) is 1. The number of aromatic nitrogens is 2. The summed E-state index contributed by atoms with van der Waals surface area (Å²) < 4.78 is 11.2. The Hall–Kier alpha value is -3.58. The summed E-state index contributed by atoms with van der Waals surface area (Å²) in [4.78, 5) is 20.4. The molecule has 0 aliphatic carbocycles. The van der Waals surface area contributed by atoms with Gasteiger partial charge in [0.15, 0.2) is 5.58 Å². The average Bonchev–Trinajstić information content (AvgIpc) is 3.11. The number of carbonyl (C=O) groups is 1. The van der Waals surface area contributed by atoms with Gasteiger partial charge in [-0.2, -0.15) is 4.98 Å². The molecule has 2 aromatic carbocycles. The molecule has 7 nitrogen and oxygen atoms in total. The zero-order valence-electron chi connectivity index (χ0n) is 14.6. The molecule has 0 atom stereocenters. The van der Waals surface area contributed by atoms with Gasteiger partial charge in [0.1, 0.15) is 17.0 Å². The third-order valence-corrected chi connectivity index (χ3v) is 3.99. The predicted octanol–water partition coefficient (Wildman–Crippen LogP) is 4.72. The summed E-state index contributed by atoms with van der Waals surface area (Å²) in [6.07, 6.45) is 3.30. The van der Waals surface area contributed by atoms with Crippen LogP contribution in [0.4, 0.5) is 11.7 Å². The molecule has 140 valence electrons. The van der Waals surface area contributed by atoms with E-state index in [1.165, 1.54) is 0 Å². The van der Waals surface area contributed by atoms with Crippen molar-refractivity contribution >= 4 is 40.3 Å². The Bertz CT molecular complexity index is 1100. The van der Waals surface area contributed by atoms with Crippen LogP contribution in [0.15, 0.2) is 71.4 Å². The topological polar surface area (TPSA) is 89.3 Å². The Morgan fingerprint density at radius 1 is 1.11 bits per heavy atom. The van der Waals surface area contributed by atoms with Gasteiger partial charge >= 0.3 is 0 Å². The van der Waals surface area contributed by atoms with E-state index in [4.69, 9.17) is 20.8 Å². The van der Waals surface area contributed by atoms with Crippen LogP contribution in [0, 0.1) is 0 Å². The fourth-order valence-corrected chi connectivity index (χ4v) is 2.65. The molecule has 1 amide bonds. The van der Waals surface area contributed by atoms with Gasteiger partial charge in [-0.25, -0.2) is 0 Å². The van der Waals surface area contributed by atoms with Crippen LogP contribution in [0.2, 0.25) is 5.02 Å². The van der Waals surface area contributed by atoms with E-state index in [0.717, 1.165) is 0 Å². The molecule has 28 heavy (non-hydrogen) atoms. The normalized spacial score (nSPS) is 10.6. The van der Waals surface area contributed by atoms with Gasteiger partial charge in [-0.3, -0.25) is 9.78 Å². The maximum absolute atomic E-state index is 12.1. The van der Waals surface area contributed by atoms with Crippen LogP contribution in [0.1, 0.15) is 0 Å². The Kier molecular flexibility index (Phi) is 5.07. The van der Waals surface area contributed by atoms with Gasteiger partial charge in [0.25, 0.3) is 6.01 Å². The molecule has 4 aromatic rings. The number of oxazole rings is 1. The smallest absolute Gasteiger partial charge is 0.296 e. The number of fused-ring (bicyclic) bond motifs is 1. The first-order valence-corrected chi connectivity index (χ1v) is 8.81. The molecular weight excluding hydrogens is 380 g/mol. The molecule has 0 radical (unpaired) electrons. The maximum Gasteiger partial charge on any atom is 0.296 e. The zero-order chi connectivity index (χ0) is 19.3. The highest BCUT2D eigenvalue weighted by atomic mass is 35.5. The summed E-state index contributed by atoms with van der Waals surface area (Å²) in [6.45, 7) is 0.00842. The predicted molar refractivity (Wildman–Crippen MR) is 107 cm³/mol. The molecule has 2 heterocycles. The lowest BCUT2D eigenvalue weighted by Gasteiger charge is -2.08. The highest BCUT2D eigenvalue weighted by Crippen LogP contribution is 2.23. The molecule has 0 saturated carbocycles. The second-order valence-corrected chi connectivity index (χ2v) is 6.28. The summed E-state index contributed by atoms with van der Waals surface area (Å²) in [5, 5.41) is 6.21. The third-order valence-electron chi connectivity index (χ3n) is 3.76. The van der Waals surface area contributed by atoms with E-state index in [9.17, 15) is 4.79 Å². The minimum atomic E-state index is -0.235. The van der Waals surface area contributed by atoms with Crippen molar-refractivity contribution in [3.8, 4) is 11.5 Å². The van der Waals surface area contributed by atoms with E-state index in [2.05, 4.69) is 20.6 Å². The molecule has 8 heteroatoms. The number of rotatable bonds is 6. The van der Waals surface area contributed by atoms with Crippen molar-refractivity contribution in [1.82, 2.24) is 9.97 Å². The highest BCUT2D eigenvalue weighted by molar-refractivity contribution is 6.31. The van der Waals surface area contributed by atoms with Gasteiger partial charge in [-0.15, -0.1) is 0 Å². The molecule has 2 N–H and O–H groups in total. The van der Waals surface area contributed by atoms with Crippen molar-refractivity contribution in [3.05, 3.63) is 72.0 Å². The van der Waals surface area contributed by atoms with E-state index in [1.54, 1.807) is 60.9 Å². The Morgan fingerprint density at radius 2 is 1.96 bits per heavy atom. The van der Waals surface area contributed by atoms with E-state index < -0.39 is 0 Å². The molecule has 0 fully saturated rings. The number of anilines is 2. The van der Waals surface area contributed by atoms with Crippen molar-refractivity contribution in [1.29, 1.82) is 0 Å². The standard InChI is InChI=1S/C20H15ClN4O3/c21-13-3-8-18-17(10-13)25-20(28-18)23-12-19(26)24-14-4-6-15(7-5-14)27-16-2-1-9-22-11-16/h1-11H,12H2,(H,23,25)(H,24,26). The first-order valence-electron chi connectivity index (χ1n) is 8.43. The Balaban J connectivity index is 1.31. The van der Waals surface area contributed by atoms with Crippen LogP contribution in [0.5, 0.6) is 11.5 Å². The highest BCUT2D eigenvalue weighted by Gasteiger charge is 2.08. The van der Waals surface area contributed by atoms with Crippen LogP contribution in [0.25, 0.3) is 11.1 Å². The second-order valence-electron chi connectivity index (χ2n) is 5.85. The van der Waals surface area contributed by atoms with Crippen molar-refractivity contribution in [2.45, 2.75) is 0 Å². The largest absolute Gasteiger partial charge is 0.456 e. The van der Waals surface area contributed by atoms with Gasteiger partial charge in [-0.05, 0) is 54.6 Å².